The van der Waals surface area contributed by atoms with Gasteiger partial charge in [0.1, 0.15) is 23.4 Å². The molecule has 1 fully saturated rings. The van der Waals surface area contributed by atoms with Crippen molar-refractivity contribution < 1.29 is 23.1 Å². The van der Waals surface area contributed by atoms with Gasteiger partial charge in [-0.1, -0.05) is 17.4 Å². The maximum absolute atomic E-state index is 14.8. The van der Waals surface area contributed by atoms with Gasteiger partial charge in [-0.15, -0.1) is 10.2 Å². The summed E-state index contributed by atoms with van der Waals surface area (Å²) in [5, 5.41) is 10.9. The summed E-state index contributed by atoms with van der Waals surface area (Å²) >= 11 is 1.14. The maximum Gasteiger partial charge on any atom is 0.414 e. The van der Waals surface area contributed by atoms with Gasteiger partial charge < -0.3 is 15.8 Å². The average molecular weight is 446 g/mol. The van der Waals surface area contributed by atoms with Gasteiger partial charge in [-0.3, -0.25) is 14.7 Å². The largest absolute Gasteiger partial charge is 0.442 e. The van der Waals surface area contributed by atoms with Crippen molar-refractivity contribution in [1.82, 2.24) is 20.5 Å². The minimum Gasteiger partial charge on any atom is -0.442 e. The van der Waals surface area contributed by atoms with E-state index in [1.165, 1.54) is 19.2 Å². The fraction of sp³-hybridized carbons (Fsp3) is 0.211. The maximum atomic E-state index is 14.8. The van der Waals surface area contributed by atoms with Crippen LogP contribution in [0.15, 0.2) is 30.5 Å². The molecule has 0 bridgehead atoms. The Bertz CT molecular complexity index is 1130. The van der Waals surface area contributed by atoms with E-state index >= 15 is 0 Å². The van der Waals surface area contributed by atoms with Crippen LogP contribution in [0.3, 0.4) is 0 Å². The number of benzene rings is 1. The number of hydrogen-bond acceptors (Lipinski definition) is 8. The summed E-state index contributed by atoms with van der Waals surface area (Å²) in [6.07, 6.45) is -0.0422. The van der Waals surface area contributed by atoms with Crippen LogP contribution in [0.2, 0.25) is 0 Å². The Kier molecular flexibility index (Phi) is 5.46. The molecule has 0 spiro atoms. The van der Waals surface area contributed by atoms with E-state index in [1.54, 1.807) is 6.07 Å². The topological polar surface area (TPSA) is 123 Å². The van der Waals surface area contributed by atoms with Crippen molar-refractivity contribution in [2.75, 3.05) is 23.7 Å². The number of halogens is 2. The second-order valence-corrected chi connectivity index (χ2v) is 7.72. The molecule has 3 heterocycles. The monoisotopic (exact) mass is 446 g/mol. The van der Waals surface area contributed by atoms with E-state index in [0.29, 0.717) is 10.7 Å². The van der Waals surface area contributed by atoms with E-state index in [-0.39, 0.29) is 40.9 Å². The Labute approximate surface area is 178 Å². The molecule has 3 N–H and O–H groups in total. The molecule has 1 aromatic carbocycles. The molecule has 9 nitrogen and oxygen atoms in total. The molecule has 2 amide bonds. The third kappa shape index (κ3) is 4.28. The van der Waals surface area contributed by atoms with Crippen LogP contribution in [-0.2, 0) is 9.53 Å². The minimum atomic E-state index is -0.858. The summed E-state index contributed by atoms with van der Waals surface area (Å²) < 4.78 is 34.8. The molecular weight excluding hydrogens is 430 g/mol. The van der Waals surface area contributed by atoms with Crippen molar-refractivity contribution in [1.29, 1.82) is 0 Å². The zero-order valence-electron chi connectivity index (χ0n) is 16.1. The van der Waals surface area contributed by atoms with Gasteiger partial charge in [-0.25, -0.2) is 13.6 Å². The van der Waals surface area contributed by atoms with Crippen LogP contribution >= 0.6 is 11.3 Å². The predicted molar refractivity (Wildman–Crippen MR) is 109 cm³/mol. The second kappa shape index (κ2) is 8.22. The number of aromatic nitrogens is 3. The first-order chi connectivity index (χ1) is 14.8. The summed E-state index contributed by atoms with van der Waals surface area (Å²) in [6.45, 7) is 1.50. The van der Waals surface area contributed by atoms with Gasteiger partial charge in [-0.05, 0) is 18.2 Å². The van der Waals surface area contributed by atoms with E-state index in [1.807, 2.05) is 0 Å². The second-order valence-electron chi connectivity index (χ2n) is 6.72. The smallest absolute Gasteiger partial charge is 0.414 e. The number of carbonyl (C=O) groups is 2. The lowest BCUT2D eigenvalue weighted by Gasteiger charge is -2.15. The Morgan fingerprint density at radius 1 is 1.32 bits per heavy atom. The zero-order chi connectivity index (χ0) is 22.1. The molecule has 0 unspecified atom stereocenters. The van der Waals surface area contributed by atoms with Crippen LogP contribution in [-0.4, -0.2) is 46.4 Å². The molecule has 1 aliphatic rings. The van der Waals surface area contributed by atoms with Gasteiger partial charge in [-0.2, -0.15) is 0 Å². The van der Waals surface area contributed by atoms with Gasteiger partial charge in [0.15, 0.2) is 5.01 Å². The van der Waals surface area contributed by atoms with Crippen LogP contribution in [0.5, 0.6) is 0 Å². The number of nitrogens with two attached hydrogens (primary N) is 1. The van der Waals surface area contributed by atoms with Crippen LogP contribution in [0, 0.1) is 11.6 Å². The lowest BCUT2D eigenvalue weighted by molar-refractivity contribution is -0.119. The number of nitrogens with zero attached hydrogens (tertiary/aromatic N) is 4. The number of nitrogens with one attached hydrogen (secondary N) is 1. The number of hydrogen-bond donors (Lipinski definition) is 2. The third-order valence-electron chi connectivity index (χ3n) is 4.50. The molecule has 1 saturated heterocycles. The van der Waals surface area contributed by atoms with Crippen molar-refractivity contribution in [3.8, 4) is 21.8 Å². The zero-order valence-corrected chi connectivity index (χ0v) is 16.9. The normalized spacial score (nSPS) is 15.8. The van der Waals surface area contributed by atoms with Crippen LogP contribution in [0.1, 0.15) is 6.92 Å². The molecular formula is C19H16F2N6O3S. The Morgan fingerprint density at radius 2 is 2.06 bits per heavy atom. The molecule has 0 radical (unpaired) electrons. The molecule has 31 heavy (non-hydrogen) atoms. The highest BCUT2D eigenvalue weighted by Crippen LogP contribution is 2.32. The number of pyridine rings is 1. The molecule has 1 aliphatic heterocycles. The fourth-order valence-corrected chi connectivity index (χ4v) is 3.68. The van der Waals surface area contributed by atoms with Crippen molar-refractivity contribution >= 4 is 34.2 Å². The quantitative estimate of drug-likeness (QED) is 0.617. The molecule has 0 saturated carbocycles. The van der Waals surface area contributed by atoms with E-state index in [4.69, 9.17) is 10.5 Å². The number of carbonyl (C=O) groups excluding carboxylic acids is 2. The average Bonchev–Trinajstić information content (AvgIpc) is 3.32. The van der Waals surface area contributed by atoms with Crippen molar-refractivity contribution in [2.24, 2.45) is 0 Å². The van der Waals surface area contributed by atoms with Crippen molar-refractivity contribution in [3.63, 3.8) is 0 Å². The lowest BCUT2D eigenvalue weighted by Crippen LogP contribution is -2.33. The van der Waals surface area contributed by atoms with Gasteiger partial charge in [0.05, 0.1) is 24.3 Å². The summed E-state index contributed by atoms with van der Waals surface area (Å²) in [5.74, 6) is -1.99. The number of rotatable bonds is 5. The van der Waals surface area contributed by atoms with Crippen molar-refractivity contribution in [2.45, 2.75) is 13.0 Å². The summed E-state index contributed by atoms with van der Waals surface area (Å²) in [7, 11) is 0. The number of cyclic esters (lactones) is 1. The third-order valence-corrected chi connectivity index (χ3v) is 5.28. The number of ether oxygens (including phenoxy) is 1. The van der Waals surface area contributed by atoms with Gasteiger partial charge in [0.25, 0.3) is 0 Å². The Morgan fingerprint density at radius 3 is 2.65 bits per heavy atom. The van der Waals surface area contributed by atoms with Crippen LogP contribution in [0.4, 0.5) is 24.4 Å². The van der Waals surface area contributed by atoms with Gasteiger partial charge in [0.2, 0.25) is 11.0 Å². The Balaban J connectivity index is 1.56. The predicted octanol–water partition coefficient (Wildman–Crippen LogP) is 2.59. The molecule has 2 aromatic heterocycles. The van der Waals surface area contributed by atoms with Gasteiger partial charge >= 0.3 is 6.09 Å². The highest BCUT2D eigenvalue weighted by Gasteiger charge is 2.33. The first-order valence-corrected chi connectivity index (χ1v) is 9.91. The molecule has 12 heteroatoms. The first-order valence-electron chi connectivity index (χ1n) is 9.09. The van der Waals surface area contributed by atoms with E-state index in [9.17, 15) is 18.4 Å². The standard InChI is InChI=1S/C19H16F2N6O3S/c1-9(28)23-7-12-8-27(19(29)30-12)11-4-13(20)16(14(21)5-11)10-2-3-15(24-6-10)17-25-26-18(22)31-17/h2-6,12H,7-8H2,1H3,(H2,22,26)(H,23,28)/t12-/m0/s1. The van der Waals surface area contributed by atoms with Gasteiger partial charge in [0, 0.05) is 18.7 Å². The number of nitrogen functional groups attached to an aromatic ring is 1. The molecule has 160 valence electrons. The van der Waals surface area contributed by atoms with E-state index in [2.05, 4.69) is 20.5 Å². The van der Waals surface area contributed by atoms with Crippen LogP contribution < -0.4 is 16.0 Å². The summed E-state index contributed by atoms with van der Waals surface area (Å²) in [4.78, 5) is 28.4. The van der Waals surface area contributed by atoms with E-state index in [0.717, 1.165) is 28.4 Å². The highest BCUT2D eigenvalue weighted by molar-refractivity contribution is 7.18. The molecule has 3 aromatic rings. The summed E-state index contributed by atoms with van der Waals surface area (Å²) in [6, 6.07) is 5.18. The highest BCUT2D eigenvalue weighted by atomic mass is 32.1. The first kappa shape index (κ1) is 20.6. The molecule has 4 rings (SSSR count). The molecule has 1 atom stereocenters. The SMILES string of the molecule is CC(=O)NC[C@H]1CN(c2cc(F)c(-c3ccc(-c4nnc(N)s4)nc3)c(F)c2)C(=O)O1. The lowest BCUT2D eigenvalue weighted by atomic mass is 10.0. The number of anilines is 2. The van der Waals surface area contributed by atoms with Crippen LogP contribution in [0.25, 0.3) is 21.8 Å². The Hall–Kier alpha value is -3.67. The molecule has 0 aliphatic carbocycles. The van der Waals surface area contributed by atoms with E-state index < -0.39 is 23.8 Å². The minimum absolute atomic E-state index is 0.0167. The summed E-state index contributed by atoms with van der Waals surface area (Å²) in [5.41, 5.74) is 5.98. The fourth-order valence-electron chi connectivity index (χ4n) is 3.09. The van der Waals surface area contributed by atoms with Crippen molar-refractivity contribution in [3.05, 3.63) is 42.1 Å². The number of amides is 2.